The first-order valence-corrected chi connectivity index (χ1v) is 13.8. The van der Waals surface area contributed by atoms with Crippen molar-refractivity contribution in [3.63, 3.8) is 0 Å². The van der Waals surface area contributed by atoms with Crippen molar-refractivity contribution in [2.75, 3.05) is 0 Å². The van der Waals surface area contributed by atoms with Crippen LogP contribution in [0, 0.1) is 5.92 Å². The molecule has 0 amide bonds. The Morgan fingerprint density at radius 3 is 1.54 bits per heavy atom. The minimum Gasteiger partial charge on any atom is -0.506 e. The highest BCUT2D eigenvalue weighted by atomic mass is 16.3. The second kappa shape index (κ2) is 26.4. The van der Waals surface area contributed by atoms with E-state index in [1.165, 1.54) is 11.1 Å². The number of allylic oxidation sites excluding steroid dienone is 3. The molecule has 0 aliphatic carbocycles. The van der Waals surface area contributed by atoms with Gasteiger partial charge in [0.25, 0.3) is 0 Å². The Bertz CT molecular complexity index is 690. The lowest BCUT2D eigenvalue weighted by atomic mass is 10.0. The molecule has 0 aliphatic heterocycles. The zero-order chi connectivity index (χ0) is 28.6. The average molecular weight is 488 g/mol. The minimum absolute atomic E-state index is 0.0586. The third-order valence-corrected chi connectivity index (χ3v) is 4.51. The highest BCUT2D eigenvalue weighted by molar-refractivity contribution is 5.39. The molecule has 0 bridgehead atoms. The quantitative estimate of drug-likeness (QED) is 0.262. The van der Waals surface area contributed by atoms with Gasteiger partial charge < -0.3 is 10.0 Å². The van der Waals surface area contributed by atoms with Crippen LogP contribution in [0.4, 0.5) is 0 Å². The number of benzene rings is 1. The fourth-order valence-corrected chi connectivity index (χ4v) is 2.70. The van der Waals surface area contributed by atoms with Crippen LogP contribution in [0.1, 0.15) is 120 Å². The normalized spacial score (nSPS) is 9.89. The summed E-state index contributed by atoms with van der Waals surface area (Å²) >= 11 is 0. The Labute approximate surface area is 221 Å². The van der Waals surface area contributed by atoms with Crippen LogP contribution >= 0.6 is 0 Å². The van der Waals surface area contributed by atoms with E-state index in [2.05, 4.69) is 83.5 Å². The molecule has 0 aliphatic rings. The number of hydrogen-bond acceptors (Lipinski definition) is 2. The van der Waals surface area contributed by atoms with E-state index in [0.717, 1.165) is 48.4 Å². The zero-order valence-electron chi connectivity index (χ0n) is 25.9. The Morgan fingerprint density at radius 2 is 1.23 bits per heavy atom. The lowest BCUT2D eigenvalue weighted by Gasteiger charge is -2.31. The summed E-state index contributed by atoms with van der Waals surface area (Å²) in [6.45, 7) is 39.5. The van der Waals surface area contributed by atoms with Crippen LogP contribution in [0.2, 0.25) is 0 Å². The second-order valence-corrected chi connectivity index (χ2v) is 8.36. The van der Waals surface area contributed by atoms with E-state index in [0.29, 0.717) is 12.2 Å². The Hall–Kier alpha value is -2.22. The molecule has 2 heteroatoms. The van der Waals surface area contributed by atoms with Gasteiger partial charge in [-0.05, 0) is 55.7 Å². The largest absolute Gasteiger partial charge is 0.506 e. The van der Waals surface area contributed by atoms with Crippen molar-refractivity contribution in [2.24, 2.45) is 5.92 Å². The monoisotopic (exact) mass is 487 g/mol. The van der Waals surface area contributed by atoms with Crippen LogP contribution < -0.4 is 0 Å². The summed E-state index contributed by atoms with van der Waals surface area (Å²) in [7, 11) is 0. The molecule has 0 saturated carbocycles. The molecule has 1 aromatic rings. The zero-order valence-corrected chi connectivity index (χ0v) is 25.9. The van der Waals surface area contributed by atoms with Crippen molar-refractivity contribution < 1.29 is 5.11 Å². The third-order valence-electron chi connectivity index (χ3n) is 4.51. The fourth-order valence-electron chi connectivity index (χ4n) is 2.70. The molecule has 0 atom stereocenters. The number of rotatable bonds is 10. The maximum atomic E-state index is 10.3. The first kappa shape index (κ1) is 40.0. The smallest absolute Gasteiger partial charge is 0.132 e. The van der Waals surface area contributed by atoms with Gasteiger partial charge >= 0.3 is 0 Å². The van der Waals surface area contributed by atoms with Crippen molar-refractivity contribution in [2.45, 2.75) is 122 Å². The Kier molecular flexibility index (Phi) is 30.1. The van der Waals surface area contributed by atoms with Crippen LogP contribution in [0.5, 0.6) is 0 Å². The number of unbranched alkanes of at least 4 members (excludes halogenated alkanes) is 1. The highest BCUT2D eigenvalue weighted by Gasteiger charge is 2.19. The van der Waals surface area contributed by atoms with E-state index in [4.69, 9.17) is 0 Å². The van der Waals surface area contributed by atoms with E-state index in [1.54, 1.807) is 0 Å². The Balaban J connectivity index is -0.000000417. The van der Waals surface area contributed by atoms with Gasteiger partial charge in [-0.25, -0.2) is 0 Å². The second-order valence-electron chi connectivity index (χ2n) is 8.36. The number of aliphatic hydroxyl groups is 1. The number of nitrogens with zero attached hydrogens (tertiary/aromatic N) is 1. The van der Waals surface area contributed by atoms with Crippen molar-refractivity contribution in [3.8, 4) is 0 Å². The van der Waals surface area contributed by atoms with Crippen LogP contribution in [-0.2, 0) is 13.0 Å². The van der Waals surface area contributed by atoms with Crippen LogP contribution in [-0.4, -0.2) is 10.0 Å². The van der Waals surface area contributed by atoms with E-state index in [1.807, 2.05) is 55.4 Å². The predicted molar refractivity (Wildman–Crippen MR) is 164 cm³/mol. The van der Waals surface area contributed by atoms with Crippen molar-refractivity contribution in [1.82, 2.24) is 4.90 Å². The molecule has 2 nitrogen and oxygen atoms in total. The standard InChI is InChI=1S/C23H33NO.C4H10.3C2H6/c1-8-10-11-18(5)24(23(20(7)25)19(6)17(3)4)16-22-14-12-21(9-2)13-15-22;1-4(2)3;3*1-2/h12-15,25H,3,5,7-11,16H2,1-2,4,6H3;4H,1-3H3;3*1-2H3/b23-19+;;;;. The summed E-state index contributed by atoms with van der Waals surface area (Å²) in [6, 6.07) is 8.61. The number of hydrogen-bond donors (Lipinski definition) is 1. The van der Waals surface area contributed by atoms with Gasteiger partial charge in [-0.1, -0.05) is 132 Å². The molecule has 0 spiro atoms. The molecule has 1 rings (SSSR count). The summed E-state index contributed by atoms with van der Waals surface area (Å²) in [5.74, 6) is 0.892. The molecule has 1 aromatic carbocycles. The fraction of sp³-hybridized carbons (Fsp3) is 0.576. The topological polar surface area (TPSA) is 23.5 Å². The molecule has 0 radical (unpaired) electrons. The molecular formula is C33H61NO. The summed E-state index contributed by atoms with van der Waals surface area (Å²) < 4.78 is 0. The predicted octanol–water partition coefficient (Wildman–Crippen LogP) is 11.4. The van der Waals surface area contributed by atoms with Gasteiger partial charge in [0.2, 0.25) is 0 Å². The molecule has 0 saturated heterocycles. The van der Waals surface area contributed by atoms with Gasteiger partial charge in [0.15, 0.2) is 0 Å². The lowest BCUT2D eigenvalue weighted by molar-refractivity contribution is 0.337. The Morgan fingerprint density at radius 1 is 0.829 bits per heavy atom. The summed E-state index contributed by atoms with van der Waals surface area (Å²) in [4.78, 5) is 2.09. The van der Waals surface area contributed by atoms with E-state index >= 15 is 0 Å². The third kappa shape index (κ3) is 19.7. The molecule has 204 valence electrons. The molecule has 0 fully saturated rings. The van der Waals surface area contributed by atoms with Gasteiger partial charge in [-0.3, -0.25) is 0 Å². The first-order valence-electron chi connectivity index (χ1n) is 13.8. The molecule has 0 heterocycles. The number of aliphatic hydroxyl groups excluding tert-OH is 1. The summed E-state index contributed by atoms with van der Waals surface area (Å²) in [5, 5.41) is 10.3. The summed E-state index contributed by atoms with van der Waals surface area (Å²) in [5.41, 5.74) is 6.07. The van der Waals surface area contributed by atoms with Crippen LogP contribution in [0.3, 0.4) is 0 Å². The van der Waals surface area contributed by atoms with Gasteiger partial charge in [-0.2, -0.15) is 0 Å². The number of aryl methyl sites for hydroxylation is 1. The van der Waals surface area contributed by atoms with Crippen LogP contribution in [0.25, 0.3) is 0 Å². The minimum atomic E-state index is 0.0586. The molecular weight excluding hydrogens is 426 g/mol. The first-order chi connectivity index (χ1) is 16.5. The van der Waals surface area contributed by atoms with Gasteiger partial charge in [0, 0.05) is 12.2 Å². The SMILES string of the molecule is C=C(C)/C(C)=C(\C(=C)O)N(Cc1ccc(CC)cc1)C(=C)CCCC.CC.CC.CC.CC(C)C. The molecule has 1 N–H and O–H groups in total. The van der Waals surface area contributed by atoms with E-state index in [9.17, 15) is 5.11 Å². The molecule has 0 aromatic heterocycles. The van der Waals surface area contributed by atoms with Crippen molar-refractivity contribution >= 4 is 0 Å². The summed E-state index contributed by atoms with van der Waals surface area (Å²) in [6.07, 6.45) is 4.10. The van der Waals surface area contributed by atoms with Gasteiger partial charge in [-0.15, -0.1) is 0 Å². The molecule has 35 heavy (non-hydrogen) atoms. The molecule has 0 unspecified atom stereocenters. The van der Waals surface area contributed by atoms with Crippen molar-refractivity contribution in [1.29, 1.82) is 0 Å². The average Bonchev–Trinajstić information content (AvgIpc) is 2.85. The maximum Gasteiger partial charge on any atom is 0.132 e. The van der Waals surface area contributed by atoms with Crippen LogP contribution in [0.15, 0.2) is 72.3 Å². The van der Waals surface area contributed by atoms with E-state index < -0.39 is 0 Å². The van der Waals surface area contributed by atoms with Gasteiger partial charge in [0.05, 0.1) is 5.70 Å². The van der Waals surface area contributed by atoms with E-state index in [-0.39, 0.29) is 5.76 Å². The maximum absolute atomic E-state index is 10.3. The van der Waals surface area contributed by atoms with Gasteiger partial charge in [0.1, 0.15) is 5.76 Å². The lowest BCUT2D eigenvalue weighted by Crippen LogP contribution is -2.24. The van der Waals surface area contributed by atoms with Crippen molar-refractivity contribution in [3.05, 3.63) is 83.4 Å². The highest BCUT2D eigenvalue weighted by Crippen LogP contribution is 2.28.